The van der Waals surface area contributed by atoms with Crippen LogP contribution < -0.4 is 10.1 Å². The van der Waals surface area contributed by atoms with E-state index in [-0.39, 0.29) is 12.1 Å². The lowest BCUT2D eigenvalue weighted by atomic mass is 10.1. The van der Waals surface area contributed by atoms with Crippen LogP contribution in [0.3, 0.4) is 0 Å². The molecule has 0 aliphatic carbocycles. The Balaban J connectivity index is 2.01. The van der Waals surface area contributed by atoms with E-state index >= 15 is 0 Å². The number of hydrogen-bond donors (Lipinski definition) is 1. The van der Waals surface area contributed by atoms with Crippen LogP contribution in [-0.2, 0) is 6.54 Å². The third-order valence-corrected chi connectivity index (χ3v) is 3.89. The second-order valence-electron chi connectivity index (χ2n) is 5.29. The van der Waals surface area contributed by atoms with Crippen LogP contribution in [0.4, 0.5) is 0 Å². The Bertz CT molecular complexity index is 569. The maximum atomic E-state index is 5.75. The Morgan fingerprint density at radius 2 is 1.86 bits per heavy atom. The highest BCUT2D eigenvalue weighted by Crippen LogP contribution is 2.19. The van der Waals surface area contributed by atoms with E-state index in [1.54, 1.807) is 6.20 Å². The molecule has 1 aromatic heterocycles. The van der Waals surface area contributed by atoms with Crippen molar-refractivity contribution in [3.63, 3.8) is 0 Å². The van der Waals surface area contributed by atoms with Gasteiger partial charge in [-0.25, -0.2) is 4.98 Å². The molecule has 1 unspecified atom stereocenters. The fourth-order valence-corrected chi connectivity index (χ4v) is 2.38. The molecule has 0 bridgehead atoms. The van der Waals surface area contributed by atoms with Crippen molar-refractivity contribution in [1.29, 1.82) is 0 Å². The molecule has 1 aromatic carbocycles. The second kappa shape index (κ2) is 7.75. The van der Waals surface area contributed by atoms with Crippen LogP contribution in [0.25, 0.3) is 0 Å². The first-order valence-electron chi connectivity index (χ1n) is 7.15. The van der Waals surface area contributed by atoms with Gasteiger partial charge in [-0.15, -0.1) is 0 Å². The molecule has 0 saturated heterocycles. The molecule has 0 amide bonds. The van der Waals surface area contributed by atoms with E-state index in [0.29, 0.717) is 0 Å². The average molecular weight is 396 g/mol. The molecular formula is C17H21IN2O. The van der Waals surface area contributed by atoms with Crippen LogP contribution in [-0.4, -0.2) is 11.1 Å². The van der Waals surface area contributed by atoms with Crippen LogP contribution in [0.1, 0.15) is 37.9 Å². The number of rotatable bonds is 6. The van der Waals surface area contributed by atoms with Crippen molar-refractivity contribution >= 4 is 22.6 Å². The molecule has 0 fully saturated rings. The number of nitrogens with zero attached hydrogens (tertiary/aromatic N) is 1. The molecular weight excluding hydrogens is 375 g/mol. The van der Waals surface area contributed by atoms with E-state index < -0.39 is 0 Å². The summed E-state index contributed by atoms with van der Waals surface area (Å²) in [6.07, 6.45) is 1.90. The Morgan fingerprint density at radius 1 is 1.14 bits per heavy atom. The first-order chi connectivity index (χ1) is 10.1. The highest BCUT2D eigenvalue weighted by atomic mass is 127. The number of ether oxygens (including phenoxy) is 1. The van der Waals surface area contributed by atoms with Gasteiger partial charge in [0.1, 0.15) is 0 Å². The first kappa shape index (κ1) is 16.2. The smallest absolute Gasteiger partial charge is 0.218 e. The quantitative estimate of drug-likeness (QED) is 0.739. The molecule has 4 heteroatoms. The minimum absolute atomic E-state index is 0.132. The monoisotopic (exact) mass is 396 g/mol. The fraction of sp³-hybridized carbons (Fsp3) is 0.353. The number of nitrogens with one attached hydrogen (secondary N) is 1. The summed E-state index contributed by atoms with van der Waals surface area (Å²) in [5.41, 5.74) is 2.37. The molecule has 1 atom stereocenters. The van der Waals surface area contributed by atoms with Gasteiger partial charge in [0.05, 0.1) is 6.10 Å². The maximum absolute atomic E-state index is 5.75. The van der Waals surface area contributed by atoms with Crippen molar-refractivity contribution < 1.29 is 4.74 Å². The van der Waals surface area contributed by atoms with E-state index in [2.05, 4.69) is 70.1 Å². The van der Waals surface area contributed by atoms with E-state index in [1.807, 2.05) is 19.9 Å². The fourth-order valence-electron chi connectivity index (χ4n) is 2.02. The Hall–Kier alpha value is -1.14. The lowest BCUT2D eigenvalue weighted by molar-refractivity contribution is 0.229. The molecule has 2 rings (SSSR count). The van der Waals surface area contributed by atoms with Crippen LogP contribution in [0.2, 0.25) is 0 Å². The molecule has 0 spiro atoms. The largest absolute Gasteiger partial charge is 0.475 e. The van der Waals surface area contributed by atoms with Crippen molar-refractivity contribution in [1.82, 2.24) is 10.3 Å². The van der Waals surface area contributed by atoms with Gasteiger partial charge in [0.2, 0.25) is 5.88 Å². The maximum Gasteiger partial charge on any atom is 0.218 e. The third kappa shape index (κ3) is 4.97. The zero-order valence-corrected chi connectivity index (χ0v) is 14.8. The molecule has 0 aliphatic rings. The van der Waals surface area contributed by atoms with Crippen LogP contribution in [0.5, 0.6) is 5.88 Å². The normalized spacial score (nSPS) is 12.4. The van der Waals surface area contributed by atoms with Gasteiger partial charge >= 0.3 is 0 Å². The van der Waals surface area contributed by atoms with Crippen LogP contribution >= 0.6 is 22.6 Å². The summed E-state index contributed by atoms with van der Waals surface area (Å²) in [6.45, 7) is 6.94. The van der Waals surface area contributed by atoms with Gasteiger partial charge < -0.3 is 10.1 Å². The SMILES string of the molecule is CC(C)Oc1ncccc1CNC(C)c1ccc(I)cc1. The lowest BCUT2D eigenvalue weighted by Crippen LogP contribution is -2.19. The molecule has 0 aliphatic heterocycles. The molecule has 112 valence electrons. The molecule has 1 N–H and O–H groups in total. The predicted molar refractivity (Wildman–Crippen MR) is 94.4 cm³/mol. The summed E-state index contributed by atoms with van der Waals surface area (Å²) in [7, 11) is 0. The predicted octanol–water partition coefficient (Wildman–Crippen LogP) is 4.32. The Morgan fingerprint density at radius 3 is 2.52 bits per heavy atom. The van der Waals surface area contributed by atoms with Crippen molar-refractivity contribution in [3.05, 3.63) is 57.3 Å². The highest BCUT2D eigenvalue weighted by Gasteiger charge is 2.09. The number of hydrogen-bond acceptors (Lipinski definition) is 3. The highest BCUT2D eigenvalue weighted by molar-refractivity contribution is 14.1. The molecule has 3 nitrogen and oxygen atoms in total. The lowest BCUT2D eigenvalue weighted by Gasteiger charge is -2.17. The zero-order valence-electron chi connectivity index (χ0n) is 12.6. The van der Waals surface area contributed by atoms with E-state index in [9.17, 15) is 0 Å². The topological polar surface area (TPSA) is 34.1 Å². The Kier molecular flexibility index (Phi) is 5.99. The van der Waals surface area contributed by atoms with Crippen molar-refractivity contribution in [2.75, 3.05) is 0 Å². The van der Waals surface area contributed by atoms with E-state index in [0.717, 1.165) is 18.0 Å². The standard InChI is InChI=1S/C17H21IN2O/c1-12(2)21-17-15(5-4-10-19-17)11-20-13(3)14-6-8-16(18)9-7-14/h4-10,12-13,20H,11H2,1-3H3. The minimum atomic E-state index is 0.132. The summed E-state index contributed by atoms with van der Waals surface area (Å²) in [4.78, 5) is 4.32. The number of halogens is 1. The van der Waals surface area contributed by atoms with Gasteiger partial charge in [0, 0.05) is 27.9 Å². The molecule has 0 radical (unpaired) electrons. The van der Waals surface area contributed by atoms with Gasteiger partial charge in [0.25, 0.3) is 0 Å². The van der Waals surface area contributed by atoms with Gasteiger partial charge in [-0.1, -0.05) is 18.2 Å². The van der Waals surface area contributed by atoms with Gasteiger partial charge in [-0.05, 0) is 67.1 Å². The van der Waals surface area contributed by atoms with Gasteiger partial charge in [0.15, 0.2) is 0 Å². The molecule has 1 heterocycles. The van der Waals surface area contributed by atoms with Crippen LogP contribution in [0.15, 0.2) is 42.6 Å². The third-order valence-electron chi connectivity index (χ3n) is 3.17. The number of aromatic nitrogens is 1. The number of pyridine rings is 1. The van der Waals surface area contributed by atoms with E-state index in [1.165, 1.54) is 9.13 Å². The molecule has 21 heavy (non-hydrogen) atoms. The summed E-state index contributed by atoms with van der Waals surface area (Å²) in [5.74, 6) is 0.717. The van der Waals surface area contributed by atoms with Crippen molar-refractivity contribution in [2.45, 2.75) is 39.5 Å². The van der Waals surface area contributed by atoms with Gasteiger partial charge in [-0.3, -0.25) is 0 Å². The second-order valence-corrected chi connectivity index (χ2v) is 6.53. The zero-order chi connectivity index (χ0) is 15.2. The summed E-state index contributed by atoms with van der Waals surface area (Å²) >= 11 is 2.32. The summed E-state index contributed by atoms with van der Waals surface area (Å²) < 4.78 is 7.00. The molecule has 0 saturated carbocycles. The average Bonchev–Trinajstić information content (AvgIpc) is 2.46. The number of benzene rings is 1. The molecule has 2 aromatic rings. The van der Waals surface area contributed by atoms with Crippen molar-refractivity contribution in [3.8, 4) is 5.88 Å². The van der Waals surface area contributed by atoms with E-state index in [4.69, 9.17) is 4.74 Å². The van der Waals surface area contributed by atoms with Crippen LogP contribution in [0, 0.1) is 3.57 Å². The first-order valence-corrected chi connectivity index (χ1v) is 8.23. The minimum Gasteiger partial charge on any atom is -0.475 e. The van der Waals surface area contributed by atoms with Crippen molar-refractivity contribution in [2.24, 2.45) is 0 Å². The summed E-state index contributed by atoms with van der Waals surface area (Å²) in [6, 6.07) is 12.9. The Labute approximate surface area is 140 Å². The van der Waals surface area contributed by atoms with Gasteiger partial charge in [-0.2, -0.15) is 0 Å². The summed E-state index contributed by atoms with van der Waals surface area (Å²) in [5, 5.41) is 3.53.